The van der Waals surface area contributed by atoms with Crippen LogP contribution in [0.3, 0.4) is 0 Å². The van der Waals surface area contributed by atoms with Gasteiger partial charge in [-0.1, -0.05) is 24.6 Å². The molecule has 75 valence electrons. The molecule has 1 aliphatic rings. The van der Waals surface area contributed by atoms with Crippen molar-refractivity contribution in [1.29, 1.82) is 0 Å². The maximum Gasteiger partial charge on any atom is 0.0366 e. The molecule has 1 aromatic rings. The van der Waals surface area contributed by atoms with Crippen molar-refractivity contribution >= 4 is 5.69 Å². The Bertz CT molecular complexity index is 281. The summed E-state index contributed by atoms with van der Waals surface area (Å²) >= 11 is 0. The Morgan fingerprint density at radius 2 is 1.71 bits per heavy atom. The van der Waals surface area contributed by atoms with Crippen LogP contribution in [0.1, 0.15) is 18.4 Å². The summed E-state index contributed by atoms with van der Waals surface area (Å²) in [5.74, 6) is 0.664. The number of aryl methyl sites for hydroxylation is 1. The Morgan fingerprint density at radius 3 is 2.29 bits per heavy atom. The number of anilines is 1. The molecule has 0 bridgehead atoms. The Kier molecular flexibility index (Phi) is 2.76. The highest BCUT2D eigenvalue weighted by atomic mass is 15.1. The highest BCUT2D eigenvalue weighted by Gasteiger charge is 2.15. The molecule has 1 saturated heterocycles. The van der Waals surface area contributed by atoms with Crippen LogP contribution in [0.2, 0.25) is 0 Å². The number of benzene rings is 1. The van der Waals surface area contributed by atoms with Gasteiger partial charge >= 0.3 is 0 Å². The van der Waals surface area contributed by atoms with Crippen molar-refractivity contribution in [2.45, 2.75) is 19.8 Å². The molecule has 1 heterocycles. The molecule has 1 aliphatic heterocycles. The fourth-order valence-electron chi connectivity index (χ4n) is 1.95. The van der Waals surface area contributed by atoms with Gasteiger partial charge in [0, 0.05) is 18.8 Å². The van der Waals surface area contributed by atoms with Crippen molar-refractivity contribution in [1.82, 2.24) is 0 Å². The molecule has 1 radical (unpaired) electrons. The van der Waals surface area contributed by atoms with Crippen molar-refractivity contribution in [3.8, 4) is 0 Å². The van der Waals surface area contributed by atoms with Gasteiger partial charge in [0.15, 0.2) is 0 Å². The summed E-state index contributed by atoms with van der Waals surface area (Å²) in [6.45, 7) is 8.57. The molecule has 0 aliphatic carbocycles. The average Bonchev–Trinajstić information content (AvgIpc) is 2.21. The lowest BCUT2D eigenvalue weighted by molar-refractivity contribution is 0.476. The predicted molar refractivity (Wildman–Crippen MR) is 61.5 cm³/mol. The summed E-state index contributed by atoms with van der Waals surface area (Å²) in [5.41, 5.74) is 2.70. The summed E-state index contributed by atoms with van der Waals surface area (Å²) in [4.78, 5) is 2.46. The van der Waals surface area contributed by atoms with E-state index in [0.29, 0.717) is 5.92 Å². The lowest BCUT2D eigenvalue weighted by Gasteiger charge is -2.32. The normalized spacial score (nSPS) is 18.6. The lowest BCUT2D eigenvalue weighted by atomic mass is 9.99. The maximum absolute atomic E-state index is 4.11. The third-order valence-electron chi connectivity index (χ3n) is 3.01. The fourth-order valence-corrected chi connectivity index (χ4v) is 1.95. The van der Waals surface area contributed by atoms with E-state index in [4.69, 9.17) is 0 Å². The topological polar surface area (TPSA) is 3.24 Å². The van der Waals surface area contributed by atoms with Gasteiger partial charge in [-0.05, 0) is 37.8 Å². The molecular formula is C13H18N. The highest BCUT2D eigenvalue weighted by Crippen LogP contribution is 2.22. The van der Waals surface area contributed by atoms with Gasteiger partial charge in [0.25, 0.3) is 0 Å². The van der Waals surface area contributed by atoms with Crippen molar-refractivity contribution in [2.24, 2.45) is 5.92 Å². The molecule has 0 amide bonds. The summed E-state index contributed by atoms with van der Waals surface area (Å²) in [7, 11) is 0. The molecule has 1 fully saturated rings. The van der Waals surface area contributed by atoms with Crippen LogP contribution in [0, 0.1) is 19.8 Å². The van der Waals surface area contributed by atoms with E-state index in [9.17, 15) is 0 Å². The third-order valence-corrected chi connectivity index (χ3v) is 3.01. The van der Waals surface area contributed by atoms with Crippen LogP contribution < -0.4 is 4.90 Å². The summed E-state index contributed by atoms with van der Waals surface area (Å²) in [6.07, 6.45) is 2.46. The number of hydrogen-bond acceptors (Lipinski definition) is 1. The Balaban J connectivity index is 2.05. The average molecular weight is 188 g/mol. The fraction of sp³-hybridized carbons (Fsp3) is 0.462. The largest absolute Gasteiger partial charge is 0.372 e. The van der Waals surface area contributed by atoms with Gasteiger partial charge < -0.3 is 4.90 Å². The first-order valence-corrected chi connectivity index (χ1v) is 5.40. The van der Waals surface area contributed by atoms with E-state index < -0.39 is 0 Å². The van der Waals surface area contributed by atoms with Gasteiger partial charge in [0.05, 0.1) is 0 Å². The van der Waals surface area contributed by atoms with Crippen LogP contribution in [0.25, 0.3) is 0 Å². The zero-order valence-corrected chi connectivity index (χ0v) is 8.87. The van der Waals surface area contributed by atoms with Gasteiger partial charge in [-0.25, -0.2) is 0 Å². The Morgan fingerprint density at radius 1 is 1.14 bits per heavy atom. The van der Waals surface area contributed by atoms with Gasteiger partial charge in [-0.15, -0.1) is 0 Å². The quantitative estimate of drug-likeness (QED) is 0.654. The predicted octanol–water partition coefficient (Wildman–Crippen LogP) is 3.05. The molecule has 0 N–H and O–H groups in total. The van der Waals surface area contributed by atoms with Crippen molar-refractivity contribution in [3.63, 3.8) is 0 Å². The van der Waals surface area contributed by atoms with E-state index >= 15 is 0 Å². The maximum atomic E-state index is 4.11. The van der Waals surface area contributed by atoms with Crippen LogP contribution in [0.5, 0.6) is 0 Å². The SMILES string of the molecule is [CH2]C1CCN(c2ccc(C)cc2)CC1. The molecule has 1 aromatic carbocycles. The molecule has 0 aromatic heterocycles. The molecule has 0 unspecified atom stereocenters. The van der Waals surface area contributed by atoms with E-state index in [0.717, 1.165) is 13.1 Å². The number of nitrogens with zero attached hydrogens (tertiary/aromatic N) is 1. The minimum atomic E-state index is 0.664. The highest BCUT2D eigenvalue weighted by molar-refractivity contribution is 5.47. The van der Waals surface area contributed by atoms with Crippen molar-refractivity contribution in [2.75, 3.05) is 18.0 Å². The van der Waals surface area contributed by atoms with Gasteiger partial charge in [-0.2, -0.15) is 0 Å². The third kappa shape index (κ3) is 2.09. The van der Waals surface area contributed by atoms with Crippen LogP contribution in [-0.2, 0) is 0 Å². The molecule has 1 heteroatoms. The first-order valence-electron chi connectivity index (χ1n) is 5.40. The second kappa shape index (κ2) is 4.04. The standard InChI is InChI=1S/C13H18N/c1-11-3-5-13(6-4-11)14-9-7-12(2)8-10-14/h3-6,12H,2,7-10H2,1H3. The van der Waals surface area contributed by atoms with E-state index in [2.05, 4.69) is 43.0 Å². The zero-order chi connectivity index (χ0) is 9.97. The van der Waals surface area contributed by atoms with E-state index in [-0.39, 0.29) is 0 Å². The monoisotopic (exact) mass is 188 g/mol. The summed E-state index contributed by atoms with van der Waals surface area (Å²) in [6, 6.07) is 8.81. The Labute approximate surface area is 86.7 Å². The van der Waals surface area contributed by atoms with E-state index in [1.54, 1.807) is 0 Å². The molecule has 1 nitrogen and oxygen atoms in total. The first kappa shape index (κ1) is 9.57. The molecule has 14 heavy (non-hydrogen) atoms. The number of hydrogen-bond donors (Lipinski definition) is 0. The van der Waals surface area contributed by atoms with Gasteiger partial charge in [-0.3, -0.25) is 0 Å². The molecule has 0 saturated carbocycles. The lowest BCUT2D eigenvalue weighted by Crippen LogP contribution is -2.32. The second-order valence-corrected chi connectivity index (χ2v) is 4.27. The first-order chi connectivity index (χ1) is 6.75. The molecular weight excluding hydrogens is 170 g/mol. The molecule has 0 spiro atoms. The van der Waals surface area contributed by atoms with E-state index in [1.165, 1.54) is 24.1 Å². The van der Waals surface area contributed by atoms with Gasteiger partial charge in [0.1, 0.15) is 0 Å². The summed E-state index contributed by atoms with van der Waals surface area (Å²) < 4.78 is 0. The Hall–Kier alpha value is -0.980. The van der Waals surface area contributed by atoms with Crippen molar-refractivity contribution < 1.29 is 0 Å². The van der Waals surface area contributed by atoms with E-state index in [1.807, 2.05) is 0 Å². The minimum absolute atomic E-state index is 0.664. The molecule has 0 atom stereocenters. The van der Waals surface area contributed by atoms with Crippen LogP contribution in [-0.4, -0.2) is 13.1 Å². The minimum Gasteiger partial charge on any atom is -0.372 e. The zero-order valence-electron chi connectivity index (χ0n) is 8.87. The van der Waals surface area contributed by atoms with Crippen LogP contribution in [0.4, 0.5) is 5.69 Å². The van der Waals surface area contributed by atoms with Gasteiger partial charge in [0.2, 0.25) is 0 Å². The summed E-state index contributed by atoms with van der Waals surface area (Å²) in [5, 5.41) is 0. The van der Waals surface area contributed by atoms with Crippen LogP contribution >= 0.6 is 0 Å². The smallest absolute Gasteiger partial charge is 0.0366 e. The number of piperidine rings is 1. The second-order valence-electron chi connectivity index (χ2n) is 4.27. The number of rotatable bonds is 1. The molecule has 2 rings (SSSR count). The van der Waals surface area contributed by atoms with Crippen LogP contribution in [0.15, 0.2) is 24.3 Å². The van der Waals surface area contributed by atoms with Crippen molar-refractivity contribution in [3.05, 3.63) is 36.8 Å².